The number of terminal acetylenes is 1. The van der Waals surface area contributed by atoms with Crippen LogP contribution in [0.2, 0.25) is 0 Å². The van der Waals surface area contributed by atoms with Crippen molar-refractivity contribution < 1.29 is 45.1 Å². The van der Waals surface area contributed by atoms with Gasteiger partial charge in [-0.15, -0.1) is 6.42 Å². The van der Waals surface area contributed by atoms with E-state index in [2.05, 4.69) is 5.92 Å². The second-order valence-corrected chi connectivity index (χ2v) is 16.1. The predicted molar refractivity (Wildman–Crippen MR) is 219 cm³/mol. The largest absolute Gasteiger partial charge is 0.497 e. The molecule has 0 amide bonds. The molecule has 7 aromatic carbocycles. The van der Waals surface area contributed by atoms with Crippen molar-refractivity contribution in [3.05, 3.63) is 169 Å². The summed E-state index contributed by atoms with van der Waals surface area (Å²) in [5.74, 6) is 6.00. The van der Waals surface area contributed by atoms with Gasteiger partial charge in [0.2, 0.25) is 9.84 Å². The third kappa shape index (κ3) is 9.15. The molecule has 58 heavy (non-hydrogen) atoms. The van der Waals surface area contributed by atoms with E-state index in [1.54, 1.807) is 73.8 Å². The highest BCUT2D eigenvalue weighted by atomic mass is 32.2. The summed E-state index contributed by atoms with van der Waals surface area (Å²) in [6, 6.07) is 42.5. The average molecular weight is 811 g/mol. The number of ether oxygens (including phenoxy) is 5. The van der Waals surface area contributed by atoms with E-state index in [-0.39, 0.29) is 27.0 Å². The molecule has 10 nitrogen and oxygen atoms in total. The summed E-state index contributed by atoms with van der Waals surface area (Å²) in [5.41, 5.74) is 3.27. The molecule has 0 aliphatic heterocycles. The normalized spacial score (nSPS) is 11.3. The Bertz CT molecular complexity index is 2830. The molecule has 0 saturated heterocycles. The number of aryl methyl sites for hydroxylation is 1. The summed E-state index contributed by atoms with van der Waals surface area (Å²) >= 11 is 0. The van der Waals surface area contributed by atoms with Crippen LogP contribution >= 0.6 is 0 Å². The molecule has 0 aliphatic rings. The Morgan fingerprint density at radius 2 is 0.931 bits per heavy atom. The van der Waals surface area contributed by atoms with Crippen LogP contribution in [-0.2, 0) is 20.0 Å². The van der Waals surface area contributed by atoms with Gasteiger partial charge in [0, 0.05) is 17.2 Å². The van der Waals surface area contributed by atoms with Crippen LogP contribution in [0.4, 0.5) is 0 Å². The van der Waals surface area contributed by atoms with E-state index in [1.165, 1.54) is 48.5 Å². The highest BCUT2D eigenvalue weighted by Crippen LogP contribution is 2.38. The summed E-state index contributed by atoms with van der Waals surface area (Å²) < 4.78 is 91.0. The molecule has 0 aliphatic carbocycles. The predicted octanol–water partition coefficient (Wildman–Crippen LogP) is 10.9. The van der Waals surface area contributed by atoms with E-state index in [0.717, 1.165) is 34.1 Å². The third-order valence-electron chi connectivity index (χ3n) is 8.77. The quantitative estimate of drug-likeness (QED) is 0.0885. The maximum Gasteiger partial charge on any atom is 0.298 e. The summed E-state index contributed by atoms with van der Waals surface area (Å²) in [6.07, 6.45) is 5.51. The molecule has 7 aromatic rings. The fourth-order valence-corrected chi connectivity index (χ4v) is 7.69. The van der Waals surface area contributed by atoms with Crippen molar-refractivity contribution in [2.24, 2.45) is 0 Å². The van der Waals surface area contributed by atoms with Crippen LogP contribution in [0.25, 0.3) is 11.1 Å². The molecule has 0 aromatic heterocycles. The number of hydrogen-bond acceptors (Lipinski definition) is 9. The van der Waals surface area contributed by atoms with Gasteiger partial charge < -0.3 is 23.7 Å². The first-order valence-corrected chi connectivity index (χ1v) is 20.5. The standard InChI is InChI=1S/C46H34O10S2/c1-4-32-6-8-33(9-7-32)43-29-31(2)5-27-44(43)56-40-22-28-45(46(30-40)58(49,50)51)55-39-20-25-42(26-21-39)57(47,48)41-23-18-38(19-24-41)54-37-16-14-36(15-17-37)53-35-12-10-34(52-3)11-13-35/h1,5-30H,2-3H3,(H,49,50,51). The topological polar surface area (TPSA) is 135 Å². The summed E-state index contributed by atoms with van der Waals surface area (Å²) in [4.78, 5) is -0.543. The third-order valence-corrected chi connectivity index (χ3v) is 11.4. The zero-order valence-electron chi connectivity index (χ0n) is 31.0. The summed E-state index contributed by atoms with van der Waals surface area (Å²) in [6.45, 7) is 1.94. The Kier molecular flexibility index (Phi) is 11.2. The Morgan fingerprint density at radius 1 is 0.500 bits per heavy atom. The first-order chi connectivity index (χ1) is 27.9. The van der Waals surface area contributed by atoms with Crippen molar-refractivity contribution in [3.63, 3.8) is 0 Å². The second-order valence-electron chi connectivity index (χ2n) is 12.8. The van der Waals surface area contributed by atoms with Crippen LogP contribution < -0.4 is 23.7 Å². The molecular weight excluding hydrogens is 777 g/mol. The van der Waals surface area contributed by atoms with Crippen molar-refractivity contribution in [2.75, 3.05) is 7.11 Å². The van der Waals surface area contributed by atoms with Crippen LogP contribution in [0.15, 0.2) is 172 Å². The Hall–Kier alpha value is -7.04. The van der Waals surface area contributed by atoms with E-state index in [0.29, 0.717) is 28.7 Å². The van der Waals surface area contributed by atoms with Crippen molar-refractivity contribution in [2.45, 2.75) is 21.6 Å². The van der Waals surface area contributed by atoms with Gasteiger partial charge in [0.1, 0.15) is 56.6 Å². The number of hydrogen-bond donors (Lipinski definition) is 1. The Morgan fingerprint density at radius 3 is 1.41 bits per heavy atom. The molecule has 290 valence electrons. The van der Waals surface area contributed by atoms with E-state index in [9.17, 15) is 21.4 Å². The maximum absolute atomic E-state index is 13.5. The van der Waals surface area contributed by atoms with Gasteiger partial charge in [0.25, 0.3) is 10.1 Å². The highest BCUT2D eigenvalue weighted by molar-refractivity contribution is 7.91. The fraction of sp³-hybridized carbons (Fsp3) is 0.0435. The Labute approximate surface area is 336 Å². The van der Waals surface area contributed by atoms with Crippen LogP contribution in [0, 0.1) is 19.3 Å². The molecular formula is C46H34O10S2. The van der Waals surface area contributed by atoms with Crippen molar-refractivity contribution in [1.29, 1.82) is 0 Å². The molecule has 0 saturated carbocycles. The minimum absolute atomic E-state index is 0.0254. The van der Waals surface area contributed by atoms with Crippen LogP contribution in [-0.4, -0.2) is 28.5 Å². The molecule has 0 bridgehead atoms. The molecule has 0 atom stereocenters. The SMILES string of the molecule is C#Cc1ccc(-c2cc(C)ccc2Oc2ccc(Oc3ccc(S(=O)(=O)c4ccc(Oc5ccc(Oc6ccc(OC)cc6)cc5)cc4)cc3)c(S(=O)(=O)O)c2)cc1. The van der Waals surface area contributed by atoms with Gasteiger partial charge in [-0.1, -0.05) is 29.7 Å². The molecule has 0 spiro atoms. The van der Waals surface area contributed by atoms with E-state index < -0.39 is 24.9 Å². The molecule has 12 heteroatoms. The van der Waals surface area contributed by atoms with Gasteiger partial charge in [-0.25, -0.2) is 8.42 Å². The highest BCUT2D eigenvalue weighted by Gasteiger charge is 2.22. The number of benzene rings is 7. The molecule has 0 heterocycles. The molecule has 0 unspecified atom stereocenters. The van der Waals surface area contributed by atoms with Crippen LogP contribution in [0.1, 0.15) is 11.1 Å². The van der Waals surface area contributed by atoms with E-state index >= 15 is 0 Å². The van der Waals surface area contributed by atoms with Crippen LogP contribution in [0.5, 0.6) is 51.7 Å². The zero-order valence-corrected chi connectivity index (χ0v) is 32.7. The second kappa shape index (κ2) is 16.6. The Balaban J connectivity index is 1.02. The van der Waals surface area contributed by atoms with Crippen LogP contribution in [0.3, 0.4) is 0 Å². The van der Waals surface area contributed by atoms with Gasteiger partial charge in [0.05, 0.1) is 16.9 Å². The first-order valence-electron chi connectivity index (χ1n) is 17.6. The molecule has 1 N–H and O–H groups in total. The summed E-state index contributed by atoms with van der Waals surface area (Å²) in [5, 5.41) is 0. The minimum atomic E-state index is -4.79. The lowest BCUT2D eigenvalue weighted by Gasteiger charge is -2.15. The lowest BCUT2D eigenvalue weighted by molar-refractivity contribution is 0.413. The lowest BCUT2D eigenvalue weighted by Crippen LogP contribution is -2.03. The monoisotopic (exact) mass is 810 g/mol. The fourth-order valence-electron chi connectivity index (χ4n) is 5.80. The molecule has 0 radical (unpaired) electrons. The zero-order chi connectivity index (χ0) is 40.9. The molecule has 0 fully saturated rings. The van der Waals surface area contributed by atoms with Gasteiger partial charge in [0.15, 0.2) is 0 Å². The number of methoxy groups -OCH3 is 1. The van der Waals surface area contributed by atoms with Crippen molar-refractivity contribution in [1.82, 2.24) is 0 Å². The van der Waals surface area contributed by atoms with Gasteiger partial charge >= 0.3 is 0 Å². The number of sulfone groups is 1. The molecule has 7 rings (SSSR count). The summed E-state index contributed by atoms with van der Waals surface area (Å²) in [7, 11) is -7.15. The van der Waals surface area contributed by atoms with Crippen molar-refractivity contribution in [3.8, 4) is 75.2 Å². The van der Waals surface area contributed by atoms with Gasteiger partial charge in [-0.05, 0) is 146 Å². The van der Waals surface area contributed by atoms with Gasteiger partial charge in [-0.2, -0.15) is 8.42 Å². The van der Waals surface area contributed by atoms with Crippen molar-refractivity contribution >= 4 is 20.0 Å². The van der Waals surface area contributed by atoms with Gasteiger partial charge in [-0.3, -0.25) is 4.55 Å². The first kappa shape index (κ1) is 39.2. The minimum Gasteiger partial charge on any atom is -0.497 e. The maximum atomic E-state index is 13.5. The van der Waals surface area contributed by atoms with E-state index in [1.807, 2.05) is 43.3 Å². The average Bonchev–Trinajstić information content (AvgIpc) is 3.23. The van der Waals surface area contributed by atoms with E-state index in [4.69, 9.17) is 30.1 Å². The lowest BCUT2D eigenvalue weighted by atomic mass is 10.0. The number of rotatable bonds is 13. The smallest absolute Gasteiger partial charge is 0.298 e.